The lowest BCUT2D eigenvalue weighted by molar-refractivity contribution is -0.385. The average molecular weight is 229 g/mol. The van der Waals surface area contributed by atoms with E-state index in [9.17, 15) is 10.1 Å². The molecule has 0 aliphatic heterocycles. The predicted octanol–water partition coefficient (Wildman–Crippen LogP) is 1.11. The van der Waals surface area contributed by atoms with Crippen LogP contribution in [0.4, 0.5) is 5.69 Å². The van der Waals surface area contributed by atoms with Crippen molar-refractivity contribution in [3.05, 3.63) is 22.5 Å². The van der Waals surface area contributed by atoms with Crippen molar-refractivity contribution < 1.29 is 10.0 Å². The third kappa shape index (κ3) is 3.80. The molecule has 0 fully saturated rings. The molecule has 1 aromatic heterocycles. The molecule has 1 rings (SSSR count). The topological polar surface area (TPSA) is 89.2 Å². The second-order valence-corrected chi connectivity index (χ2v) is 4.07. The molecule has 1 N–H and O–H groups in total. The van der Waals surface area contributed by atoms with Gasteiger partial charge in [0.2, 0.25) is 0 Å². The molecular weight excluding hydrogens is 218 g/mol. The van der Waals surface area contributed by atoms with Crippen LogP contribution in [-0.2, 0) is 0 Å². The summed E-state index contributed by atoms with van der Waals surface area (Å²) in [4.78, 5) is 17.4. The minimum absolute atomic E-state index is 0.111. The van der Waals surface area contributed by atoms with Gasteiger partial charge in [-0.2, -0.15) is 0 Å². The van der Waals surface area contributed by atoms with E-state index >= 15 is 0 Å². The molecule has 1 unspecified atom stereocenters. The van der Waals surface area contributed by atoms with Crippen LogP contribution in [-0.4, -0.2) is 32.4 Å². The largest absolute Gasteiger partial charge is 0.396 e. The molecule has 0 aliphatic rings. The first-order chi connectivity index (χ1) is 7.13. The van der Waals surface area contributed by atoms with E-state index in [2.05, 4.69) is 9.97 Å². The zero-order chi connectivity index (χ0) is 11.3. The molecule has 0 spiro atoms. The summed E-state index contributed by atoms with van der Waals surface area (Å²) < 4.78 is 0. The number of hydrogen-bond donors (Lipinski definition) is 1. The number of aliphatic hydroxyl groups excluding tert-OH is 1. The minimum atomic E-state index is -0.537. The zero-order valence-corrected chi connectivity index (χ0v) is 8.98. The van der Waals surface area contributed by atoms with Crippen LogP contribution in [0, 0.1) is 16.0 Å². The molecule has 6 nitrogen and oxygen atoms in total. The summed E-state index contributed by atoms with van der Waals surface area (Å²) in [5.41, 5.74) is -0.116. The molecule has 7 heteroatoms. The Morgan fingerprint density at radius 1 is 1.60 bits per heavy atom. The standard InChI is InChI=1S/C8H11N3O3S/c1-6(4-12)5-15-8-9-2-7(3-10-8)11(13)14/h2-3,6,12H,4-5H2,1H3. The van der Waals surface area contributed by atoms with E-state index < -0.39 is 4.92 Å². The van der Waals surface area contributed by atoms with E-state index in [1.54, 1.807) is 0 Å². The molecule has 0 amide bonds. The van der Waals surface area contributed by atoms with Gasteiger partial charge in [-0.05, 0) is 5.92 Å². The highest BCUT2D eigenvalue weighted by atomic mass is 32.2. The molecule has 0 radical (unpaired) electrons. The van der Waals surface area contributed by atoms with Crippen LogP contribution >= 0.6 is 11.8 Å². The predicted molar refractivity (Wildman–Crippen MR) is 55.7 cm³/mol. The van der Waals surface area contributed by atoms with Crippen molar-refractivity contribution in [1.82, 2.24) is 9.97 Å². The number of thioether (sulfide) groups is 1. The van der Waals surface area contributed by atoms with Gasteiger partial charge in [-0.1, -0.05) is 18.7 Å². The van der Waals surface area contributed by atoms with Crippen molar-refractivity contribution in [1.29, 1.82) is 0 Å². The van der Waals surface area contributed by atoms with Gasteiger partial charge in [0.05, 0.1) is 4.92 Å². The van der Waals surface area contributed by atoms with E-state index in [1.807, 2.05) is 6.92 Å². The Labute approximate surface area is 90.9 Å². The number of aliphatic hydroxyl groups is 1. The molecule has 15 heavy (non-hydrogen) atoms. The fraction of sp³-hybridized carbons (Fsp3) is 0.500. The van der Waals surface area contributed by atoms with Crippen LogP contribution in [0.15, 0.2) is 17.6 Å². The van der Waals surface area contributed by atoms with Crippen molar-refractivity contribution in [3.63, 3.8) is 0 Å². The van der Waals surface area contributed by atoms with E-state index in [-0.39, 0.29) is 18.2 Å². The van der Waals surface area contributed by atoms with E-state index in [0.717, 1.165) is 0 Å². The molecule has 0 saturated carbocycles. The number of nitro groups is 1. The summed E-state index contributed by atoms with van der Waals surface area (Å²) >= 11 is 1.37. The third-order valence-electron chi connectivity index (χ3n) is 1.63. The maximum absolute atomic E-state index is 10.3. The lowest BCUT2D eigenvalue weighted by atomic mass is 10.2. The lowest BCUT2D eigenvalue weighted by Crippen LogP contribution is -2.04. The highest BCUT2D eigenvalue weighted by molar-refractivity contribution is 7.99. The first kappa shape index (κ1) is 11.9. The molecule has 82 valence electrons. The molecule has 0 aliphatic carbocycles. The zero-order valence-electron chi connectivity index (χ0n) is 8.16. The molecular formula is C8H11N3O3S. The fourth-order valence-electron chi connectivity index (χ4n) is 0.748. The number of hydrogen-bond acceptors (Lipinski definition) is 6. The van der Waals surface area contributed by atoms with Crippen LogP contribution in [0.3, 0.4) is 0 Å². The lowest BCUT2D eigenvalue weighted by Gasteiger charge is -2.04. The van der Waals surface area contributed by atoms with Gasteiger partial charge in [0.1, 0.15) is 12.4 Å². The summed E-state index contributed by atoms with van der Waals surface area (Å²) in [7, 11) is 0. The monoisotopic (exact) mass is 229 g/mol. The van der Waals surface area contributed by atoms with Gasteiger partial charge in [0.25, 0.3) is 0 Å². The molecule has 0 bridgehead atoms. The van der Waals surface area contributed by atoms with Crippen molar-refractivity contribution in [2.45, 2.75) is 12.1 Å². The van der Waals surface area contributed by atoms with Gasteiger partial charge in [-0.25, -0.2) is 9.97 Å². The Morgan fingerprint density at radius 3 is 2.67 bits per heavy atom. The third-order valence-corrected chi connectivity index (χ3v) is 2.84. The summed E-state index contributed by atoms with van der Waals surface area (Å²) in [5.74, 6) is 0.850. The van der Waals surface area contributed by atoms with Gasteiger partial charge in [0.15, 0.2) is 5.16 Å². The van der Waals surface area contributed by atoms with Crippen LogP contribution in [0.25, 0.3) is 0 Å². The first-order valence-corrected chi connectivity index (χ1v) is 5.32. The Kier molecular flexibility index (Phi) is 4.44. The van der Waals surface area contributed by atoms with Crippen molar-refractivity contribution in [3.8, 4) is 0 Å². The van der Waals surface area contributed by atoms with Crippen LogP contribution < -0.4 is 0 Å². The Hall–Kier alpha value is -1.21. The minimum Gasteiger partial charge on any atom is -0.396 e. The average Bonchev–Trinajstić information content (AvgIpc) is 2.26. The van der Waals surface area contributed by atoms with Crippen molar-refractivity contribution in [2.75, 3.05) is 12.4 Å². The maximum atomic E-state index is 10.3. The van der Waals surface area contributed by atoms with E-state index in [1.165, 1.54) is 24.2 Å². The fourth-order valence-corrected chi connectivity index (χ4v) is 1.54. The molecule has 1 aromatic rings. The number of nitrogens with zero attached hydrogens (tertiary/aromatic N) is 3. The summed E-state index contributed by atoms with van der Waals surface area (Å²) in [6, 6.07) is 0. The number of rotatable bonds is 5. The smallest absolute Gasteiger partial charge is 0.305 e. The Morgan fingerprint density at radius 2 is 2.20 bits per heavy atom. The van der Waals surface area contributed by atoms with E-state index in [0.29, 0.717) is 10.9 Å². The highest BCUT2D eigenvalue weighted by Gasteiger charge is 2.08. The summed E-state index contributed by atoms with van der Waals surface area (Å²) in [5, 5.41) is 19.6. The second kappa shape index (κ2) is 5.62. The van der Waals surface area contributed by atoms with Gasteiger partial charge >= 0.3 is 5.69 Å². The maximum Gasteiger partial charge on any atom is 0.305 e. The van der Waals surface area contributed by atoms with Crippen LogP contribution in [0.5, 0.6) is 0 Å². The molecule has 1 heterocycles. The van der Waals surface area contributed by atoms with Gasteiger partial charge < -0.3 is 5.11 Å². The van der Waals surface area contributed by atoms with E-state index in [4.69, 9.17) is 5.11 Å². The Balaban J connectivity index is 2.53. The first-order valence-electron chi connectivity index (χ1n) is 4.33. The van der Waals surface area contributed by atoms with Gasteiger partial charge in [-0.3, -0.25) is 10.1 Å². The normalized spacial score (nSPS) is 12.4. The SMILES string of the molecule is CC(CO)CSc1ncc([N+](=O)[O-])cn1. The van der Waals surface area contributed by atoms with Crippen LogP contribution in [0.1, 0.15) is 6.92 Å². The van der Waals surface area contributed by atoms with Gasteiger partial charge in [-0.15, -0.1) is 0 Å². The van der Waals surface area contributed by atoms with Crippen LogP contribution in [0.2, 0.25) is 0 Å². The molecule has 1 atom stereocenters. The summed E-state index contributed by atoms with van der Waals surface area (Å²) in [6.07, 6.45) is 2.36. The van der Waals surface area contributed by atoms with Crippen molar-refractivity contribution >= 4 is 17.4 Å². The highest BCUT2D eigenvalue weighted by Crippen LogP contribution is 2.17. The Bertz CT molecular complexity index is 330. The second-order valence-electron chi connectivity index (χ2n) is 3.08. The summed E-state index contributed by atoms with van der Waals surface area (Å²) in [6.45, 7) is 2.01. The molecule has 0 saturated heterocycles. The van der Waals surface area contributed by atoms with Gasteiger partial charge in [0, 0.05) is 12.4 Å². The van der Waals surface area contributed by atoms with Crippen molar-refractivity contribution in [2.24, 2.45) is 5.92 Å². The number of aromatic nitrogens is 2. The quantitative estimate of drug-likeness (QED) is 0.352. The molecule has 0 aromatic carbocycles.